The number of fused-ring (bicyclic) bond motifs is 1. The predicted molar refractivity (Wildman–Crippen MR) is 40.9 cm³/mol. The maximum absolute atomic E-state index is 11.1. The fraction of sp³-hybridized carbons (Fsp3) is 0.667. The van der Waals surface area contributed by atoms with Crippen molar-refractivity contribution in [2.24, 2.45) is 11.8 Å². The Kier molecular flexibility index (Phi) is 1.48. The summed E-state index contributed by atoms with van der Waals surface area (Å²) < 4.78 is 5.19. The molecule has 3 atom stereocenters. The van der Waals surface area contributed by atoms with Crippen LogP contribution in [0.5, 0.6) is 0 Å². The number of rotatable bonds is 0. The summed E-state index contributed by atoms with van der Waals surface area (Å²) in [5.74, 6) is 0.557. The van der Waals surface area contributed by atoms with E-state index in [9.17, 15) is 4.79 Å². The van der Waals surface area contributed by atoms with Crippen LogP contribution < -0.4 is 0 Å². The first-order valence-electron chi connectivity index (χ1n) is 4.14. The lowest BCUT2D eigenvalue weighted by Gasteiger charge is -2.19. The third kappa shape index (κ3) is 0.971. The highest BCUT2D eigenvalue weighted by molar-refractivity contribution is 5.75. The van der Waals surface area contributed by atoms with Gasteiger partial charge < -0.3 is 4.74 Å². The molecule has 1 saturated heterocycles. The lowest BCUT2D eigenvalue weighted by molar-refractivity contribution is -0.143. The van der Waals surface area contributed by atoms with Gasteiger partial charge in [0.25, 0.3) is 0 Å². The van der Waals surface area contributed by atoms with Crippen LogP contribution in [0.3, 0.4) is 0 Å². The van der Waals surface area contributed by atoms with Gasteiger partial charge in [-0.05, 0) is 6.42 Å². The first kappa shape index (κ1) is 6.89. The third-order valence-electron chi connectivity index (χ3n) is 2.70. The van der Waals surface area contributed by atoms with Crippen LogP contribution in [0.25, 0.3) is 0 Å². The zero-order valence-corrected chi connectivity index (χ0v) is 6.62. The van der Waals surface area contributed by atoms with Crippen LogP contribution >= 0.6 is 0 Å². The molecule has 0 bridgehead atoms. The Morgan fingerprint density at radius 1 is 1.45 bits per heavy atom. The van der Waals surface area contributed by atoms with Crippen LogP contribution in [0, 0.1) is 11.8 Å². The van der Waals surface area contributed by atoms with Crippen molar-refractivity contribution in [2.75, 3.05) is 0 Å². The topological polar surface area (TPSA) is 26.3 Å². The molecule has 11 heavy (non-hydrogen) atoms. The lowest BCUT2D eigenvalue weighted by atomic mass is 9.84. The van der Waals surface area contributed by atoms with E-state index in [2.05, 4.69) is 12.2 Å². The summed E-state index contributed by atoms with van der Waals surface area (Å²) in [4.78, 5) is 11.1. The van der Waals surface area contributed by atoms with E-state index in [0.717, 1.165) is 12.8 Å². The summed E-state index contributed by atoms with van der Waals surface area (Å²) in [5, 5.41) is 0. The van der Waals surface area contributed by atoms with Gasteiger partial charge in [0.05, 0.1) is 5.92 Å². The first-order chi connectivity index (χ1) is 5.29. The standard InChI is InChI=1S/C9H12O2/c1-6-7-4-2-3-5-8(7)11-9(6)10/h2-3,6-8H,4-5H2,1H3/t6-,7-,8-/m0/s1. The van der Waals surface area contributed by atoms with Crippen molar-refractivity contribution in [2.45, 2.75) is 25.9 Å². The molecule has 2 rings (SSSR count). The van der Waals surface area contributed by atoms with Gasteiger partial charge >= 0.3 is 5.97 Å². The maximum Gasteiger partial charge on any atom is 0.309 e. The Morgan fingerprint density at radius 3 is 2.91 bits per heavy atom. The molecule has 0 amide bonds. The summed E-state index contributed by atoms with van der Waals surface area (Å²) in [6, 6.07) is 0. The molecule has 0 aromatic rings. The number of ether oxygens (including phenoxy) is 1. The first-order valence-corrected chi connectivity index (χ1v) is 4.14. The largest absolute Gasteiger partial charge is 0.461 e. The van der Waals surface area contributed by atoms with Crippen molar-refractivity contribution in [3.63, 3.8) is 0 Å². The van der Waals surface area contributed by atoms with E-state index < -0.39 is 0 Å². The van der Waals surface area contributed by atoms with E-state index >= 15 is 0 Å². The molecule has 0 unspecified atom stereocenters. The summed E-state index contributed by atoms with van der Waals surface area (Å²) in [7, 11) is 0. The molecular formula is C9H12O2. The fourth-order valence-electron chi connectivity index (χ4n) is 1.90. The molecule has 1 heterocycles. The van der Waals surface area contributed by atoms with E-state index in [1.54, 1.807) is 0 Å². The predicted octanol–water partition coefficient (Wildman–Crippen LogP) is 1.51. The van der Waals surface area contributed by atoms with Crippen LogP contribution in [0.2, 0.25) is 0 Å². The van der Waals surface area contributed by atoms with Crippen molar-refractivity contribution >= 4 is 5.97 Å². The van der Waals surface area contributed by atoms with Gasteiger partial charge in [0.2, 0.25) is 0 Å². The van der Waals surface area contributed by atoms with Gasteiger partial charge in [0, 0.05) is 12.3 Å². The van der Waals surface area contributed by atoms with Crippen LogP contribution in [-0.2, 0) is 9.53 Å². The van der Waals surface area contributed by atoms with E-state index in [0.29, 0.717) is 5.92 Å². The SMILES string of the molecule is C[C@@H]1C(=O)O[C@H]2CC=CC[C@H]21. The van der Waals surface area contributed by atoms with Crippen molar-refractivity contribution in [1.82, 2.24) is 0 Å². The summed E-state index contributed by atoms with van der Waals surface area (Å²) in [6.45, 7) is 1.96. The minimum Gasteiger partial charge on any atom is -0.461 e. The van der Waals surface area contributed by atoms with E-state index in [1.807, 2.05) is 6.92 Å². The Labute approximate surface area is 66.2 Å². The molecule has 0 aromatic carbocycles. The Balaban J connectivity index is 2.18. The van der Waals surface area contributed by atoms with E-state index in [1.165, 1.54) is 0 Å². The molecule has 2 heteroatoms. The zero-order chi connectivity index (χ0) is 7.84. The van der Waals surface area contributed by atoms with E-state index in [-0.39, 0.29) is 18.0 Å². The van der Waals surface area contributed by atoms with Crippen molar-refractivity contribution in [1.29, 1.82) is 0 Å². The monoisotopic (exact) mass is 152 g/mol. The maximum atomic E-state index is 11.1. The molecule has 0 radical (unpaired) electrons. The number of esters is 1. The summed E-state index contributed by atoms with van der Waals surface area (Å²) >= 11 is 0. The highest BCUT2D eigenvalue weighted by atomic mass is 16.6. The molecule has 1 aliphatic heterocycles. The highest BCUT2D eigenvalue weighted by Crippen LogP contribution is 2.35. The third-order valence-corrected chi connectivity index (χ3v) is 2.70. The van der Waals surface area contributed by atoms with Crippen molar-refractivity contribution < 1.29 is 9.53 Å². The van der Waals surface area contributed by atoms with Gasteiger partial charge in [-0.15, -0.1) is 0 Å². The smallest absolute Gasteiger partial charge is 0.309 e. The van der Waals surface area contributed by atoms with Gasteiger partial charge in [0.1, 0.15) is 6.10 Å². The average molecular weight is 152 g/mol. The fourth-order valence-corrected chi connectivity index (χ4v) is 1.90. The second-order valence-corrected chi connectivity index (χ2v) is 3.37. The van der Waals surface area contributed by atoms with E-state index in [4.69, 9.17) is 4.74 Å². The molecule has 1 aliphatic carbocycles. The quantitative estimate of drug-likeness (QED) is 0.388. The number of carbonyl (C=O) groups excluding carboxylic acids is 1. The molecule has 2 nitrogen and oxygen atoms in total. The molecule has 1 fully saturated rings. The molecule has 2 aliphatic rings. The normalized spacial score (nSPS) is 41.9. The summed E-state index contributed by atoms with van der Waals surface area (Å²) in [5.41, 5.74) is 0. The number of hydrogen-bond donors (Lipinski definition) is 0. The van der Waals surface area contributed by atoms with Gasteiger partial charge in [-0.2, -0.15) is 0 Å². The average Bonchev–Trinajstić information content (AvgIpc) is 2.30. The van der Waals surface area contributed by atoms with Gasteiger partial charge in [-0.1, -0.05) is 19.1 Å². The molecular weight excluding hydrogens is 140 g/mol. The summed E-state index contributed by atoms with van der Waals surface area (Å²) in [6.07, 6.45) is 6.37. The number of allylic oxidation sites excluding steroid dienone is 1. The Bertz CT molecular complexity index is 208. The number of carbonyl (C=O) groups is 1. The van der Waals surface area contributed by atoms with Crippen LogP contribution in [-0.4, -0.2) is 12.1 Å². The van der Waals surface area contributed by atoms with Crippen molar-refractivity contribution in [3.8, 4) is 0 Å². The van der Waals surface area contributed by atoms with Crippen LogP contribution in [0.15, 0.2) is 12.2 Å². The lowest BCUT2D eigenvalue weighted by Crippen LogP contribution is -2.20. The van der Waals surface area contributed by atoms with Gasteiger partial charge in [0.15, 0.2) is 0 Å². The van der Waals surface area contributed by atoms with Gasteiger partial charge in [-0.3, -0.25) is 4.79 Å². The highest BCUT2D eigenvalue weighted by Gasteiger charge is 2.41. The second kappa shape index (κ2) is 2.36. The van der Waals surface area contributed by atoms with Crippen molar-refractivity contribution in [3.05, 3.63) is 12.2 Å². The Hall–Kier alpha value is -0.790. The van der Waals surface area contributed by atoms with Crippen LogP contribution in [0.1, 0.15) is 19.8 Å². The Morgan fingerprint density at radius 2 is 2.18 bits per heavy atom. The molecule has 0 spiro atoms. The zero-order valence-electron chi connectivity index (χ0n) is 6.62. The molecule has 0 N–H and O–H groups in total. The molecule has 0 aromatic heterocycles. The molecule has 0 saturated carbocycles. The van der Waals surface area contributed by atoms with Gasteiger partial charge in [-0.25, -0.2) is 0 Å². The minimum absolute atomic E-state index is 0.0105. The van der Waals surface area contributed by atoms with Crippen LogP contribution in [0.4, 0.5) is 0 Å². The second-order valence-electron chi connectivity index (χ2n) is 3.37. The number of hydrogen-bond acceptors (Lipinski definition) is 2. The minimum atomic E-state index is -0.0105. The molecule has 60 valence electrons.